The quantitative estimate of drug-likeness (QED) is 0.840. The summed E-state index contributed by atoms with van der Waals surface area (Å²) in [7, 11) is 0. The van der Waals surface area contributed by atoms with Crippen LogP contribution in [0.15, 0.2) is 18.2 Å². The van der Waals surface area contributed by atoms with Gasteiger partial charge in [-0.3, -0.25) is 4.79 Å². The van der Waals surface area contributed by atoms with Crippen LogP contribution in [0.3, 0.4) is 0 Å². The van der Waals surface area contributed by atoms with Crippen LogP contribution in [0.1, 0.15) is 0 Å². The third kappa shape index (κ3) is 2.21. The fraction of sp³-hybridized carbons (Fsp3) is 0.364. The third-order valence-corrected chi connectivity index (χ3v) is 2.76. The van der Waals surface area contributed by atoms with Gasteiger partial charge in [-0.15, -0.1) is 0 Å². The Morgan fingerprint density at radius 1 is 1.47 bits per heavy atom. The van der Waals surface area contributed by atoms with Crippen molar-refractivity contribution in [1.82, 2.24) is 0 Å². The first-order valence-electron chi connectivity index (χ1n) is 5.04. The summed E-state index contributed by atoms with van der Waals surface area (Å²) in [6.07, 6.45) is 0. The van der Waals surface area contributed by atoms with E-state index in [4.69, 9.17) is 9.84 Å². The molecule has 2 N–H and O–H groups in total. The number of hydrogen-bond donors (Lipinski definition) is 2. The molecular formula is C11H11F2NO3. The van der Waals surface area contributed by atoms with E-state index in [1.54, 1.807) is 0 Å². The number of carbonyl (C=O) groups is 1. The van der Waals surface area contributed by atoms with Gasteiger partial charge in [0.05, 0.1) is 18.9 Å². The van der Waals surface area contributed by atoms with E-state index in [0.717, 1.165) is 12.1 Å². The predicted molar refractivity (Wildman–Crippen MR) is 55.7 cm³/mol. The minimum Gasteiger partial charge on any atom is -0.481 e. The highest BCUT2D eigenvalue weighted by atomic mass is 19.1. The van der Waals surface area contributed by atoms with Crippen molar-refractivity contribution in [1.29, 1.82) is 0 Å². The molecule has 1 saturated heterocycles. The lowest BCUT2D eigenvalue weighted by atomic mass is 9.86. The Balaban J connectivity index is 2.04. The molecule has 92 valence electrons. The maximum atomic E-state index is 13.3. The summed E-state index contributed by atoms with van der Waals surface area (Å²) in [5.74, 6) is -2.41. The standard InChI is InChI=1S/C11H11F2NO3/c12-7-1-2-9(8(13)3-7)14-4-11(10(15)16)5-17-6-11/h1-3,14H,4-6H2,(H,15,16). The Morgan fingerprint density at radius 2 is 2.18 bits per heavy atom. The van der Waals surface area contributed by atoms with Gasteiger partial charge < -0.3 is 15.2 Å². The molecule has 2 rings (SSSR count). The molecule has 0 aliphatic carbocycles. The highest BCUT2D eigenvalue weighted by Crippen LogP contribution is 2.28. The molecule has 0 aromatic heterocycles. The van der Waals surface area contributed by atoms with Crippen molar-refractivity contribution in [3.05, 3.63) is 29.8 Å². The normalized spacial score (nSPS) is 17.3. The number of hydrogen-bond acceptors (Lipinski definition) is 3. The summed E-state index contributed by atoms with van der Waals surface area (Å²) in [6.45, 7) is 0.237. The zero-order valence-corrected chi connectivity index (χ0v) is 8.87. The molecule has 1 aliphatic heterocycles. The molecule has 0 saturated carbocycles. The minimum atomic E-state index is -1.01. The maximum absolute atomic E-state index is 13.3. The van der Waals surface area contributed by atoms with E-state index in [2.05, 4.69) is 5.32 Å². The zero-order valence-electron chi connectivity index (χ0n) is 8.87. The molecule has 1 heterocycles. The summed E-state index contributed by atoms with van der Waals surface area (Å²) >= 11 is 0. The Kier molecular flexibility index (Phi) is 2.97. The summed E-state index contributed by atoms with van der Waals surface area (Å²) in [6, 6.07) is 3.09. The van der Waals surface area contributed by atoms with E-state index >= 15 is 0 Å². The first-order valence-corrected chi connectivity index (χ1v) is 5.04. The van der Waals surface area contributed by atoms with E-state index in [-0.39, 0.29) is 25.4 Å². The number of aliphatic carboxylic acids is 1. The molecule has 6 heteroatoms. The van der Waals surface area contributed by atoms with Crippen LogP contribution in [0.25, 0.3) is 0 Å². The molecule has 1 aromatic rings. The Hall–Kier alpha value is -1.69. The van der Waals surface area contributed by atoms with Gasteiger partial charge in [0.1, 0.15) is 17.0 Å². The number of carboxylic acid groups (broad SMARTS) is 1. The number of carboxylic acids is 1. The van der Waals surface area contributed by atoms with E-state index < -0.39 is 23.0 Å². The van der Waals surface area contributed by atoms with Crippen LogP contribution < -0.4 is 5.32 Å². The van der Waals surface area contributed by atoms with Gasteiger partial charge in [0.2, 0.25) is 0 Å². The third-order valence-electron chi connectivity index (χ3n) is 2.76. The van der Waals surface area contributed by atoms with Gasteiger partial charge in [-0.25, -0.2) is 8.78 Å². The lowest BCUT2D eigenvalue weighted by Crippen LogP contribution is -2.53. The SMILES string of the molecule is O=C(O)C1(CNc2ccc(F)cc2F)COC1. The zero-order chi connectivity index (χ0) is 12.5. The minimum absolute atomic E-state index is 0.0465. The van der Waals surface area contributed by atoms with Gasteiger partial charge in [-0.05, 0) is 12.1 Å². The van der Waals surface area contributed by atoms with E-state index in [1.165, 1.54) is 6.07 Å². The van der Waals surface area contributed by atoms with Crippen LogP contribution in [-0.2, 0) is 9.53 Å². The molecule has 1 fully saturated rings. The summed E-state index contributed by atoms with van der Waals surface area (Å²) in [5.41, 5.74) is -0.931. The second-order valence-electron chi connectivity index (χ2n) is 4.06. The number of nitrogens with one attached hydrogen (secondary N) is 1. The van der Waals surface area contributed by atoms with Crippen molar-refractivity contribution in [2.24, 2.45) is 5.41 Å². The van der Waals surface area contributed by atoms with Gasteiger partial charge in [-0.2, -0.15) is 0 Å². The number of ether oxygens (including phenoxy) is 1. The summed E-state index contributed by atoms with van der Waals surface area (Å²) in [4.78, 5) is 11.0. The molecule has 0 atom stereocenters. The number of anilines is 1. The molecule has 17 heavy (non-hydrogen) atoms. The van der Waals surface area contributed by atoms with Crippen molar-refractivity contribution in [3.8, 4) is 0 Å². The number of benzene rings is 1. The average Bonchev–Trinajstić information content (AvgIpc) is 2.18. The van der Waals surface area contributed by atoms with Gasteiger partial charge in [0.25, 0.3) is 0 Å². The largest absolute Gasteiger partial charge is 0.481 e. The number of halogens is 2. The molecule has 1 aromatic carbocycles. The van der Waals surface area contributed by atoms with Gasteiger partial charge in [0, 0.05) is 12.6 Å². The predicted octanol–water partition coefficient (Wildman–Crippen LogP) is 1.48. The summed E-state index contributed by atoms with van der Waals surface area (Å²) in [5, 5.41) is 11.7. The Bertz CT molecular complexity index is 446. The van der Waals surface area contributed by atoms with Crippen LogP contribution in [-0.4, -0.2) is 30.8 Å². The topological polar surface area (TPSA) is 58.6 Å². The van der Waals surface area contributed by atoms with E-state index in [0.29, 0.717) is 0 Å². The van der Waals surface area contributed by atoms with Crippen molar-refractivity contribution >= 4 is 11.7 Å². The second-order valence-corrected chi connectivity index (χ2v) is 4.06. The molecule has 0 amide bonds. The highest BCUT2D eigenvalue weighted by molar-refractivity contribution is 5.77. The van der Waals surface area contributed by atoms with E-state index in [9.17, 15) is 13.6 Å². The summed E-state index contributed by atoms with van der Waals surface area (Å²) < 4.78 is 30.8. The van der Waals surface area contributed by atoms with Gasteiger partial charge in [-0.1, -0.05) is 0 Å². The van der Waals surface area contributed by atoms with Crippen LogP contribution in [0, 0.1) is 17.0 Å². The van der Waals surface area contributed by atoms with Crippen molar-refractivity contribution in [2.45, 2.75) is 0 Å². The number of rotatable bonds is 4. The molecular weight excluding hydrogens is 232 g/mol. The highest BCUT2D eigenvalue weighted by Gasteiger charge is 2.46. The molecule has 4 nitrogen and oxygen atoms in total. The first-order chi connectivity index (χ1) is 8.03. The fourth-order valence-electron chi connectivity index (χ4n) is 1.55. The van der Waals surface area contributed by atoms with Crippen LogP contribution >= 0.6 is 0 Å². The second kappa shape index (κ2) is 4.29. The monoisotopic (exact) mass is 243 g/mol. The lowest BCUT2D eigenvalue weighted by Gasteiger charge is -2.37. The Morgan fingerprint density at radius 3 is 2.65 bits per heavy atom. The Labute approximate surface area is 96.2 Å². The first kappa shape index (κ1) is 11.8. The molecule has 0 unspecified atom stereocenters. The van der Waals surface area contributed by atoms with Crippen LogP contribution in [0.4, 0.5) is 14.5 Å². The molecule has 0 bridgehead atoms. The van der Waals surface area contributed by atoms with Crippen LogP contribution in [0.2, 0.25) is 0 Å². The van der Waals surface area contributed by atoms with Gasteiger partial charge >= 0.3 is 5.97 Å². The lowest BCUT2D eigenvalue weighted by molar-refractivity contribution is -0.176. The molecule has 0 spiro atoms. The average molecular weight is 243 g/mol. The van der Waals surface area contributed by atoms with Crippen molar-refractivity contribution in [2.75, 3.05) is 25.1 Å². The molecule has 1 aliphatic rings. The maximum Gasteiger partial charge on any atom is 0.316 e. The molecule has 0 radical (unpaired) electrons. The van der Waals surface area contributed by atoms with Crippen molar-refractivity contribution < 1.29 is 23.4 Å². The van der Waals surface area contributed by atoms with Gasteiger partial charge in [0.15, 0.2) is 0 Å². The van der Waals surface area contributed by atoms with Crippen molar-refractivity contribution in [3.63, 3.8) is 0 Å². The smallest absolute Gasteiger partial charge is 0.316 e. The fourth-order valence-corrected chi connectivity index (χ4v) is 1.55. The van der Waals surface area contributed by atoms with Crippen LogP contribution in [0.5, 0.6) is 0 Å². The van der Waals surface area contributed by atoms with E-state index in [1.807, 2.05) is 0 Å².